The highest BCUT2D eigenvalue weighted by atomic mass is 32.3. The zero-order chi connectivity index (χ0) is 41.3. The number of hydrogen-bond donors (Lipinski definition) is 10. The van der Waals surface area contributed by atoms with Crippen molar-refractivity contribution in [3.8, 4) is 0 Å². The van der Waals surface area contributed by atoms with Gasteiger partial charge in [-0.15, -0.1) is 0 Å². The van der Waals surface area contributed by atoms with Crippen LogP contribution < -0.4 is 0 Å². The smallest absolute Gasteiger partial charge is 0.393 e. The first-order valence-electron chi connectivity index (χ1n) is 20.4. The van der Waals surface area contributed by atoms with E-state index in [1.54, 1.807) is 0 Å². The highest BCUT2D eigenvalue weighted by Crippen LogP contribution is 2.70. The summed E-state index contributed by atoms with van der Waals surface area (Å²) in [5.41, 5.74) is -2.21. The second kappa shape index (κ2) is 16.7. The van der Waals surface area contributed by atoms with Crippen LogP contribution in [0.3, 0.4) is 0 Å². The summed E-state index contributed by atoms with van der Waals surface area (Å²) in [6.07, 6.45) is -10.7. The fourth-order valence-corrected chi connectivity index (χ4v) is 12.6. The molecule has 17 nitrogen and oxygen atoms in total. The Morgan fingerprint density at radius 1 is 0.786 bits per heavy atom. The molecule has 0 aromatic heterocycles. The fourth-order valence-electron chi connectivity index (χ4n) is 12.3. The third-order valence-electron chi connectivity index (χ3n) is 15.2. The second-order valence-corrected chi connectivity index (χ2v) is 19.9. The van der Waals surface area contributed by atoms with E-state index in [0.29, 0.717) is 44.9 Å². The van der Waals surface area contributed by atoms with Gasteiger partial charge in [-0.3, -0.25) is 4.55 Å². The Morgan fingerprint density at radius 3 is 2.11 bits per heavy atom. The number of rotatable bonds is 12. The molecule has 0 amide bonds. The highest BCUT2D eigenvalue weighted by molar-refractivity contribution is 7.80. The normalized spacial score (nSPS) is 50.9. The van der Waals surface area contributed by atoms with E-state index >= 15 is 0 Å². The highest BCUT2D eigenvalue weighted by Gasteiger charge is 2.71. The van der Waals surface area contributed by atoms with Crippen LogP contribution in [0.1, 0.15) is 92.4 Å². The van der Waals surface area contributed by atoms with Gasteiger partial charge in [-0.1, -0.05) is 34.6 Å². The molecule has 4 aliphatic carbocycles. The Morgan fingerprint density at radius 2 is 1.45 bits per heavy atom. The molecular weight excluding hydrogens is 760 g/mol. The maximum Gasteiger partial charge on any atom is 0.397 e. The summed E-state index contributed by atoms with van der Waals surface area (Å²) in [4.78, 5) is 0. The molecule has 6 rings (SSSR count). The standard InChI is InChI=1S/C38H66O17S/c1-17(2)25(54-35-32(46)30(44)29(43)26(55-35)16-52-56(48,49)50)7-6-18(3)20-13-22(39)33-37(20,5)11-9-27-36(4)10-8-19(12-21(36)23(40)14-38(27,33)47)53-34-31(45)28(42)24(41)15-51-34/h17-35,39-47H,6-16H2,1-5H3,(H,48,49,50)/t18-,19+,20-,21?,22?,23+,24?,25+,26?,27?,28?,29?,30?,31?,32?,33?,34?,35?,36+,37-,38+/m1/s1. The fraction of sp³-hybridized carbons (Fsp3) is 1.00. The van der Waals surface area contributed by atoms with E-state index in [4.69, 9.17) is 23.5 Å². The molecule has 13 unspecified atom stereocenters. The van der Waals surface area contributed by atoms with Gasteiger partial charge in [0.05, 0.1) is 43.2 Å². The number of hydrogen-bond acceptors (Lipinski definition) is 16. The van der Waals surface area contributed by atoms with Crippen molar-refractivity contribution in [2.75, 3.05) is 13.2 Å². The molecule has 6 aliphatic rings. The second-order valence-electron chi connectivity index (χ2n) is 18.8. The molecule has 2 saturated heterocycles. The monoisotopic (exact) mass is 826 g/mol. The maximum atomic E-state index is 12.8. The lowest BCUT2D eigenvalue weighted by atomic mass is 9.42. The van der Waals surface area contributed by atoms with E-state index in [1.807, 2.05) is 13.8 Å². The van der Waals surface area contributed by atoms with Crippen LogP contribution in [0, 0.1) is 46.3 Å². The summed E-state index contributed by atoms with van der Waals surface area (Å²) >= 11 is 0. The molecule has 2 aliphatic heterocycles. The summed E-state index contributed by atoms with van der Waals surface area (Å²) in [5, 5.41) is 98.4. The van der Waals surface area contributed by atoms with Gasteiger partial charge in [0.2, 0.25) is 0 Å². The van der Waals surface area contributed by atoms with Gasteiger partial charge in [-0.05, 0) is 91.8 Å². The van der Waals surface area contributed by atoms with Crippen LogP contribution in [0.2, 0.25) is 0 Å². The molecule has 0 aromatic rings. The van der Waals surface area contributed by atoms with Gasteiger partial charge in [0, 0.05) is 12.3 Å². The predicted octanol–water partition coefficient (Wildman–Crippen LogP) is -0.389. The van der Waals surface area contributed by atoms with E-state index < -0.39 is 113 Å². The molecule has 2 heterocycles. The van der Waals surface area contributed by atoms with Crippen LogP contribution in [-0.4, -0.2) is 157 Å². The number of aliphatic hydroxyl groups excluding tert-OH is 8. The quantitative estimate of drug-likeness (QED) is 0.0886. The van der Waals surface area contributed by atoms with Crippen LogP contribution in [0.15, 0.2) is 0 Å². The van der Waals surface area contributed by atoms with Crippen LogP contribution in [0.25, 0.3) is 0 Å². The number of aliphatic hydroxyl groups is 9. The van der Waals surface area contributed by atoms with Crippen LogP contribution >= 0.6 is 0 Å². The van der Waals surface area contributed by atoms with Gasteiger partial charge in [-0.2, -0.15) is 8.42 Å². The third-order valence-corrected chi connectivity index (χ3v) is 15.6. The Kier molecular flexibility index (Phi) is 13.4. The Hall–Kier alpha value is -0.650. The predicted molar refractivity (Wildman–Crippen MR) is 194 cm³/mol. The zero-order valence-corrected chi connectivity index (χ0v) is 33.8. The summed E-state index contributed by atoms with van der Waals surface area (Å²) in [7, 11) is -4.86. The summed E-state index contributed by atoms with van der Waals surface area (Å²) in [6, 6.07) is 0. The SMILES string of the molecule is CC(C)[C@H](CC[C@@H](C)[C@H]1CC(O)C2[C@]3(O)C[C@H](O)C4C[C@@H](OC5OCC(O)C(O)C5O)CC[C@]4(C)C3CC[C@@]21C)OC1OC(COS(=O)(=O)O)C(O)C(O)C1O. The minimum Gasteiger partial charge on any atom is -0.393 e. The zero-order valence-electron chi connectivity index (χ0n) is 33.0. The van der Waals surface area contributed by atoms with Gasteiger partial charge in [0.25, 0.3) is 0 Å². The van der Waals surface area contributed by atoms with Gasteiger partial charge in [0.15, 0.2) is 12.6 Å². The molecule has 0 radical (unpaired) electrons. The van der Waals surface area contributed by atoms with Crippen molar-refractivity contribution in [1.82, 2.24) is 0 Å². The van der Waals surface area contributed by atoms with Crippen molar-refractivity contribution < 1.29 is 82.1 Å². The molecular formula is C38H66O17S. The van der Waals surface area contributed by atoms with Gasteiger partial charge >= 0.3 is 10.4 Å². The molecule has 326 valence electrons. The van der Waals surface area contributed by atoms with Crippen LogP contribution in [0.4, 0.5) is 0 Å². The van der Waals surface area contributed by atoms with Crippen LogP contribution in [0.5, 0.6) is 0 Å². The van der Waals surface area contributed by atoms with Crippen molar-refractivity contribution in [2.24, 2.45) is 46.3 Å². The van der Waals surface area contributed by atoms with Crippen molar-refractivity contribution in [3.63, 3.8) is 0 Å². The Bertz CT molecular complexity index is 1450. The summed E-state index contributed by atoms with van der Waals surface area (Å²) in [6.45, 7) is 9.27. The number of fused-ring (bicyclic) bond motifs is 5. The largest absolute Gasteiger partial charge is 0.397 e. The average Bonchev–Trinajstić information content (AvgIpc) is 3.40. The molecule has 10 N–H and O–H groups in total. The number of ether oxygens (including phenoxy) is 4. The topological polar surface area (TPSA) is 283 Å². The Balaban J connectivity index is 1.10. The van der Waals surface area contributed by atoms with Crippen LogP contribution in [-0.2, 0) is 33.5 Å². The lowest BCUT2D eigenvalue weighted by Gasteiger charge is -2.66. The minimum absolute atomic E-state index is 0.0262. The van der Waals surface area contributed by atoms with E-state index in [2.05, 4.69) is 25.0 Å². The van der Waals surface area contributed by atoms with E-state index in [0.717, 1.165) is 6.42 Å². The molecule has 18 heteroatoms. The molecule has 0 aromatic carbocycles. The summed E-state index contributed by atoms with van der Waals surface area (Å²) < 4.78 is 58.9. The van der Waals surface area contributed by atoms with Crippen molar-refractivity contribution in [2.45, 2.75) is 178 Å². The molecule has 4 saturated carbocycles. The Labute approximate surface area is 329 Å². The van der Waals surface area contributed by atoms with E-state index in [-0.39, 0.29) is 48.7 Å². The first-order valence-corrected chi connectivity index (χ1v) is 21.7. The van der Waals surface area contributed by atoms with Gasteiger partial charge in [0.1, 0.15) is 42.7 Å². The lowest BCUT2D eigenvalue weighted by molar-refractivity contribution is -0.314. The van der Waals surface area contributed by atoms with E-state index in [1.165, 1.54) is 0 Å². The van der Waals surface area contributed by atoms with E-state index in [9.17, 15) is 54.4 Å². The maximum absolute atomic E-state index is 12.8. The minimum atomic E-state index is -4.86. The molecule has 0 bridgehead atoms. The van der Waals surface area contributed by atoms with Gasteiger partial charge < -0.3 is 64.9 Å². The molecule has 21 atom stereocenters. The first kappa shape index (κ1) is 44.9. The van der Waals surface area contributed by atoms with Crippen molar-refractivity contribution >= 4 is 10.4 Å². The van der Waals surface area contributed by atoms with Crippen molar-refractivity contribution in [3.05, 3.63) is 0 Å². The van der Waals surface area contributed by atoms with Gasteiger partial charge in [-0.25, -0.2) is 4.18 Å². The summed E-state index contributed by atoms with van der Waals surface area (Å²) in [5.74, 6) is -0.861. The molecule has 56 heavy (non-hydrogen) atoms. The van der Waals surface area contributed by atoms with Crippen molar-refractivity contribution in [1.29, 1.82) is 0 Å². The first-order chi connectivity index (χ1) is 26.0. The average molecular weight is 827 g/mol. The third kappa shape index (κ3) is 8.35. The lowest BCUT2D eigenvalue weighted by Crippen LogP contribution is -2.68. The molecule has 6 fully saturated rings. The molecule has 0 spiro atoms.